The summed E-state index contributed by atoms with van der Waals surface area (Å²) >= 11 is 0. The van der Waals surface area contributed by atoms with E-state index in [9.17, 15) is 10.2 Å². The lowest BCUT2D eigenvalue weighted by Gasteiger charge is -2.08. The Hall–Kier alpha value is -1.61. The molecule has 0 amide bonds. The zero-order valence-corrected chi connectivity index (χ0v) is 21.3. The van der Waals surface area contributed by atoms with Crippen LogP contribution < -0.4 is 0 Å². The van der Waals surface area contributed by atoms with Gasteiger partial charge in [0.2, 0.25) is 0 Å². The Labute approximate surface area is 198 Å². The molecule has 2 nitrogen and oxygen atoms in total. The van der Waals surface area contributed by atoms with Gasteiger partial charge in [-0.2, -0.15) is 13.5 Å². The zero-order valence-electron chi connectivity index (χ0n) is 20.3. The summed E-state index contributed by atoms with van der Waals surface area (Å²) in [6, 6.07) is 12.3. The quantitative estimate of drug-likeness (QED) is 0.344. The molecule has 31 heavy (non-hydrogen) atoms. The van der Waals surface area contributed by atoms with Crippen LogP contribution in [0.1, 0.15) is 101 Å². The van der Waals surface area contributed by atoms with Crippen molar-refractivity contribution in [1.29, 1.82) is 0 Å². The molecule has 0 aliphatic heterocycles. The fourth-order valence-electron chi connectivity index (χ4n) is 3.56. The van der Waals surface area contributed by atoms with Crippen LogP contribution in [0.2, 0.25) is 0 Å². The van der Waals surface area contributed by atoms with Gasteiger partial charge < -0.3 is 10.2 Å². The van der Waals surface area contributed by atoms with Crippen LogP contribution in [0, 0.1) is 0 Å². The molecule has 0 saturated heterocycles. The number of para-hydroxylation sites is 2. The van der Waals surface area contributed by atoms with E-state index in [4.69, 9.17) is 0 Å². The summed E-state index contributed by atoms with van der Waals surface area (Å²) in [6.45, 7) is 8.71. The molecule has 0 aliphatic rings. The van der Waals surface area contributed by atoms with Gasteiger partial charge in [0.05, 0.1) is 0 Å². The van der Waals surface area contributed by atoms with E-state index in [2.05, 4.69) is 39.8 Å². The van der Waals surface area contributed by atoms with Crippen LogP contribution in [0.4, 0.5) is 0 Å². The Morgan fingerprint density at radius 3 is 0.903 bits per heavy atom. The second kappa shape index (κ2) is 18.0. The van der Waals surface area contributed by atoms with Crippen molar-refractivity contribution in [3.63, 3.8) is 0 Å². The van der Waals surface area contributed by atoms with E-state index >= 15 is 0 Å². The molecular formula is C28H46O2S. The van der Waals surface area contributed by atoms with Gasteiger partial charge in [0.15, 0.2) is 0 Å². The van der Waals surface area contributed by atoms with Crippen molar-refractivity contribution in [3.8, 4) is 11.5 Å². The Morgan fingerprint density at radius 2 is 0.710 bits per heavy atom. The Morgan fingerprint density at radius 1 is 0.484 bits per heavy atom. The summed E-state index contributed by atoms with van der Waals surface area (Å²) in [5.41, 5.74) is 4.46. The highest BCUT2D eigenvalue weighted by molar-refractivity contribution is 7.59. The molecule has 2 N–H and O–H groups in total. The van der Waals surface area contributed by atoms with Crippen molar-refractivity contribution < 1.29 is 10.2 Å². The molecule has 0 aromatic heterocycles. The highest BCUT2D eigenvalue weighted by Crippen LogP contribution is 2.26. The van der Waals surface area contributed by atoms with E-state index in [-0.39, 0.29) is 13.5 Å². The van der Waals surface area contributed by atoms with Gasteiger partial charge in [-0.15, -0.1) is 0 Å². The Kier molecular flexibility index (Phi) is 17.1. The molecule has 0 saturated carbocycles. The van der Waals surface area contributed by atoms with E-state index < -0.39 is 0 Å². The number of phenolic OH excluding ortho intramolecular Hbond substituents is 2. The highest BCUT2D eigenvalue weighted by Gasteiger charge is 2.06. The lowest BCUT2D eigenvalue weighted by Crippen LogP contribution is -1.91. The second-order valence-electron chi connectivity index (χ2n) is 8.26. The fraction of sp³-hybridized carbons (Fsp3) is 0.571. The van der Waals surface area contributed by atoms with Crippen molar-refractivity contribution in [2.75, 3.05) is 0 Å². The summed E-state index contributed by atoms with van der Waals surface area (Å²) in [4.78, 5) is 0. The summed E-state index contributed by atoms with van der Waals surface area (Å²) < 4.78 is 0. The van der Waals surface area contributed by atoms with Gasteiger partial charge in [0.1, 0.15) is 11.5 Å². The summed E-state index contributed by atoms with van der Waals surface area (Å²) in [7, 11) is 0. The number of hydrogen-bond acceptors (Lipinski definition) is 2. The summed E-state index contributed by atoms with van der Waals surface area (Å²) in [5, 5.41) is 20.1. The van der Waals surface area contributed by atoms with Crippen LogP contribution in [-0.4, -0.2) is 10.2 Å². The number of benzene rings is 2. The largest absolute Gasteiger partial charge is 0.507 e. The Bertz CT molecular complexity index is 598. The van der Waals surface area contributed by atoms with Crippen molar-refractivity contribution in [2.45, 2.75) is 105 Å². The van der Waals surface area contributed by atoms with E-state index in [1.807, 2.05) is 24.3 Å². The topological polar surface area (TPSA) is 40.5 Å². The molecule has 2 aromatic rings. The average Bonchev–Trinajstić information content (AvgIpc) is 2.76. The van der Waals surface area contributed by atoms with Gasteiger partial charge >= 0.3 is 0 Å². The molecule has 2 rings (SSSR count). The van der Waals surface area contributed by atoms with Crippen molar-refractivity contribution in [3.05, 3.63) is 58.7 Å². The SMILES string of the molecule is CCCCc1cccc(CCCC)c1O.CCCCc1cccc(CCCC)c1O.S. The first kappa shape index (κ1) is 29.4. The standard InChI is InChI=1S/2C14H22O.H2S/c2*1-3-5-8-12-10-7-11-13(14(12)15)9-6-4-2;/h2*7,10-11,15H,3-6,8-9H2,1-2H3;1H2. The van der Waals surface area contributed by atoms with Crippen molar-refractivity contribution in [2.24, 2.45) is 0 Å². The lowest BCUT2D eigenvalue weighted by atomic mass is 10.0. The molecule has 2 aromatic carbocycles. The van der Waals surface area contributed by atoms with Crippen LogP contribution in [-0.2, 0) is 25.7 Å². The maximum absolute atomic E-state index is 10.0. The number of aryl methyl sites for hydroxylation is 4. The molecule has 0 bridgehead atoms. The first-order chi connectivity index (χ1) is 14.6. The average molecular weight is 447 g/mol. The van der Waals surface area contributed by atoms with Crippen LogP contribution in [0.5, 0.6) is 11.5 Å². The van der Waals surface area contributed by atoms with E-state index in [0.717, 1.165) is 73.6 Å². The smallest absolute Gasteiger partial charge is 0.121 e. The van der Waals surface area contributed by atoms with Gasteiger partial charge in [0, 0.05) is 0 Å². The molecule has 3 heteroatoms. The molecule has 0 atom stereocenters. The van der Waals surface area contributed by atoms with Gasteiger partial charge in [0.25, 0.3) is 0 Å². The first-order valence-corrected chi connectivity index (χ1v) is 12.2. The van der Waals surface area contributed by atoms with Gasteiger partial charge in [-0.3, -0.25) is 0 Å². The zero-order chi connectivity index (χ0) is 22.2. The third-order valence-corrected chi connectivity index (χ3v) is 5.60. The van der Waals surface area contributed by atoms with Crippen LogP contribution in [0.15, 0.2) is 36.4 Å². The molecule has 0 heterocycles. The highest BCUT2D eigenvalue weighted by atomic mass is 32.1. The second-order valence-corrected chi connectivity index (χ2v) is 8.26. The molecule has 0 radical (unpaired) electrons. The van der Waals surface area contributed by atoms with E-state index in [1.54, 1.807) is 0 Å². The predicted molar refractivity (Wildman–Crippen MR) is 141 cm³/mol. The molecular weight excluding hydrogens is 400 g/mol. The number of rotatable bonds is 12. The van der Waals surface area contributed by atoms with Gasteiger partial charge in [-0.25, -0.2) is 0 Å². The molecule has 176 valence electrons. The molecule has 0 aliphatic carbocycles. The predicted octanol–water partition coefficient (Wildman–Crippen LogP) is 8.27. The lowest BCUT2D eigenvalue weighted by molar-refractivity contribution is 0.458. The monoisotopic (exact) mass is 446 g/mol. The molecule has 0 fully saturated rings. The molecule has 0 unspecified atom stereocenters. The molecule has 0 spiro atoms. The van der Waals surface area contributed by atoms with E-state index in [1.165, 1.54) is 25.7 Å². The van der Waals surface area contributed by atoms with Crippen LogP contribution in [0.3, 0.4) is 0 Å². The normalized spacial score (nSPS) is 10.2. The summed E-state index contributed by atoms with van der Waals surface area (Å²) in [5.74, 6) is 1.08. The maximum atomic E-state index is 10.0. The summed E-state index contributed by atoms with van der Waals surface area (Å²) in [6.07, 6.45) is 13.4. The minimum atomic E-state index is 0. The minimum Gasteiger partial charge on any atom is -0.507 e. The first-order valence-electron chi connectivity index (χ1n) is 12.2. The number of aromatic hydroxyl groups is 2. The van der Waals surface area contributed by atoms with E-state index in [0.29, 0.717) is 11.5 Å². The number of unbranched alkanes of at least 4 members (excludes halogenated alkanes) is 4. The Balaban J connectivity index is 0.000000562. The number of phenols is 2. The maximum Gasteiger partial charge on any atom is 0.121 e. The fourth-order valence-corrected chi connectivity index (χ4v) is 3.56. The third-order valence-electron chi connectivity index (χ3n) is 5.60. The van der Waals surface area contributed by atoms with Crippen LogP contribution in [0.25, 0.3) is 0 Å². The third kappa shape index (κ3) is 11.0. The van der Waals surface area contributed by atoms with Gasteiger partial charge in [-0.05, 0) is 73.6 Å². The van der Waals surface area contributed by atoms with Crippen molar-refractivity contribution in [1.82, 2.24) is 0 Å². The van der Waals surface area contributed by atoms with Crippen molar-refractivity contribution >= 4 is 13.5 Å². The van der Waals surface area contributed by atoms with Crippen LogP contribution >= 0.6 is 13.5 Å². The van der Waals surface area contributed by atoms with Gasteiger partial charge in [-0.1, -0.05) is 89.8 Å². The minimum absolute atomic E-state index is 0. The number of hydrogen-bond donors (Lipinski definition) is 2.